The number of aliphatic hydroxyl groups excluding tert-OH is 1. The number of nitrogens with zero attached hydrogens (tertiary/aromatic N) is 2. The fourth-order valence-electron chi connectivity index (χ4n) is 1.89. The average molecular weight is 249 g/mol. The number of rotatable bonds is 6. The zero-order chi connectivity index (χ0) is 13.0. The van der Waals surface area contributed by atoms with Crippen molar-refractivity contribution in [3.05, 3.63) is 24.5 Å². The standard InChI is InChI=1S/C13H19N3O2/c1-16(8-12(17)10-2-3-10)9-13(18)15-11-4-6-14-7-5-11/h4-7,10,12,17H,2-3,8-9H2,1H3,(H,14,15,18). The monoisotopic (exact) mass is 249 g/mol. The van der Waals surface area contributed by atoms with E-state index in [1.54, 1.807) is 24.5 Å². The summed E-state index contributed by atoms with van der Waals surface area (Å²) in [5, 5.41) is 12.6. The van der Waals surface area contributed by atoms with Gasteiger partial charge in [0.2, 0.25) is 5.91 Å². The largest absolute Gasteiger partial charge is 0.392 e. The summed E-state index contributed by atoms with van der Waals surface area (Å²) in [5.74, 6) is 0.363. The van der Waals surface area contributed by atoms with Crippen LogP contribution in [0.25, 0.3) is 0 Å². The van der Waals surface area contributed by atoms with E-state index in [1.165, 1.54) is 0 Å². The Morgan fingerprint density at radius 3 is 2.83 bits per heavy atom. The van der Waals surface area contributed by atoms with E-state index in [4.69, 9.17) is 0 Å². The first-order valence-corrected chi connectivity index (χ1v) is 6.21. The Morgan fingerprint density at radius 2 is 2.22 bits per heavy atom. The Labute approximate surface area is 107 Å². The van der Waals surface area contributed by atoms with Crippen molar-refractivity contribution in [2.45, 2.75) is 18.9 Å². The van der Waals surface area contributed by atoms with E-state index in [2.05, 4.69) is 10.3 Å². The van der Waals surface area contributed by atoms with Gasteiger partial charge in [-0.1, -0.05) is 0 Å². The molecule has 1 fully saturated rings. The smallest absolute Gasteiger partial charge is 0.238 e. The minimum atomic E-state index is -0.302. The van der Waals surface area contributed by atoms with Crippen molar-refractivity contribution in [1.29, 1.82) is 0 Å². The van der Waals surface area contributed by atoms with Crippen LogP contribution in [0.5, 0.6) is 0 Å². The molecule has 0 bridgehead atoms. The Hall–Kier alpha value is -1.46. The predicted octanol–water partition coefficient (Wildman–Crippen LogP) is 0.723. The normalized spacial score (nSPS) is 16.6. The van der Waals surface area contributed by atoms with Crippen LogP contribution >= 0.6 is 0 Å². The van der Waals surface area contributed by atoms with Gasteiger partial charge in [-0.25, -0.2) is 0 Å². The van der Waals surface area contributed by atoms with E-state index in [9.17, 15) is 9.90 Å². The summed E-state index contributed by atoms with van der Waals surface area (Å²) in [7, 11) is 1.84. The molecule has 1 aliphatic carbocycles. The molecule has 18 heavy (non-hydrogen) atoms. The van der Waals surface area contributed by atoms with Gasteiger partial charge < -0.3 is 10.4 Å². The SMILES string of the molecule is CN(CC(=O)Nc1ccncc1)CC(O)C1CC1. The molecular weight excluding hydrogens is 230 g/mol. The first-order valence-electron chi connectivity index (χ1n) is 6.21. The number of hydrogen-bond donors (Lipinski definition) is 2. The first kappa shape index (κ1) is 13.0. The van der Waals surface area contributed by atoms with Crippen LogP contribution in [0.1, 0.15) is 12.8 Å². The van der Waals surface area contributed by atoms with Gasteiger partial charge >= 0.3 is 0 Å². The second-order valence-corrected chi connectivity index (χ2v) is 4.89. The topological polar surface area (TPSA) is 65.5 Å². The molecule has 2 N–H and O–H groups in total. The lowest BCUT2D eigenvalue weighted by Gasteiger charge is -2.19. The molecule has 1 saturated carbocycles. The van der Waals surface area contributed by atoms with Gasteiger partial charge in [0.15, 0.2) is 0 Å². The molecule has 1 amide bonds. The zero-order valence-electron chi connectivity index (χ0n) is 10.5. The van der Waals surface area contributed by atoms with E-state index in [0.29, 0.717) is 12.5 Å². The molecule has 2 rings (SSSR count). The van der Waals surface area contributed by atoms with Crippen LogP contribution in [0, 0.1) is 5.92 Å². The van der Waals surface area contributed by atoms with Crippen molar-refractivity contribution in [2.24, 2.45) is 5.92 Å². The van der Waals surface area contributed by atoms with Gasteiger partial charge in [-0.15, -0.1) is 0 Å². The van der Waals surface area contributed by atoms with Gasteiger partial charge in [0.05, 0.1) is 12.6 Å². The van der Waals surface area contributed by atoms with Crippen molar-refractivity contribution in [3.8, 4) is 0 Å². The summed E-state index contributed by atoms with van der Waals surface area (Å²) in [6.07, 6.45) is 5.19. The van der Waals surface area contributed by atoms with Gasteiger partial charge in [-0.05, 0) is 37.9 Å². The van der Waals surface area contributed by atoms with Gasteiger partial charge in [0, 0.05) is 24.6 Å². The number of likely N-dealkylation sites (N-methyl/N-ethyl adjacent to an activating group) is 1. The lowest BCUT2D eigenvalue weighted by molar-refractivity contribution is -0.117. The number of anilines is 1. The molecular formula is C13H19N3O2. The maximum atomic E-state index is 11.7. The van der Waals surface area contributed by atoms with E-state index in [1.807, 2.05) is 11.9 Å². The van der Waals surface area contributed by atoms with Crippen molar-refractivity contribution in [3.63, 3.8) is 0 Å². The third kappa shape index (κ3) is 4.09. The number of aromatic nitrogens is 1. The molecule has 0 radical (unpaired) electrons. The van der Waals surface area contributed by atoms with E-state index in [-0.39, 0.29) is 18.6 Å². The third-order valence-corrected chi connectivity index (χ3v) is 3.04. The lowest BCUT2D eigenvalue weighted by Crippen LogP contribution is -2.36. The van der Waals surface area contributed by atoms with Crippen LogP contribution in [-0.2, 0) is 4.79 Å². The molecule has 1 heterocycles. The third-order valence-electron chi connectivity index (χ3n) is 3.04. The van der Waals surface area contributed by atoms with Crippen LogP contribution in [0.15, 0.2) is 24.5 Å². The molecule has 98 valence electrons. The highest BCUT2D eigenvalue weighted by molar-refractivity contribution is 5.92. The molecule has 0 spiro atoms. The predicted molar refractivity (Wildman–Crippen MR) is 69.1 cm³/mol. The van der Waals surface area contributed by atoms with Gasteiger partial charge in [0.1, 0.15) is 0 Å². The van der Waals surface area contributed by atoms with Crippen LogP contribution in [-0.4, -0.2) is 47.1 Å². The number of carbonyl (C=O) groups is 1. The molecule has 0 aromatic carbocycles. The molecule has 1 unspecified atom stereocenters. The fourth-order valence-corrected chi connectivity index (χ4v) is 1.89. The first-order chi connectivity index (χ1) is 8.65. The van der Waals surface area contributed by atoms with Crippen molar-refractivity contribution in [2.75, 3.05) is 25.5 Å². The molecule has 1 atom stereocenters. The zero-order valence-corrected chi connectivity index (χ0v) is 10.5. The average Bonchev–Trinajstić information content (AvgIpc) is 3.13. The second kappa shape index (κ2) is 5.93. The summed E-state index contributed by atoms with van der Waals surface area (Å²) in [5.41, 5.74) is 0.742. The number of amides is 1. The Bertz CT molecular complexity index is 392. The maximum absolute atomic E-state index is 11.7. The van der Waals surface area contributed by atoms with Crippen molar-refractivity contribution < 1.29 is 9.90 Å². The second-order valence-electron chi connectivity index (χ2n) is 4.89. The minimum absolute atomic E-state index is 0.0771. The van der Waals surface area contributed by atoms with Crippen LogP contribution in [0.2, 0.25) is 0 Å². The molecule has 1 aromatic rings. The van der Waals surface area contributed by atoms with Crippen LogP contribution in [0.3, 0.4) is 0 Å². The van der Waals surface area contributed by atoms with Gasteiger partial charge in [-0.2, -0.15) is 0 Å². The molecule has 5 nitrogen and oxygen atoms in total. The highest BCUT2D eigenvalue weighted by Crippen LogP contribution is 2.32. The summed E-state index contributed by atoms with van der Waals surface area (Å²) < 4.78 is 0. The van der Waals surface area contributed by atoms with Crippen LogP contribution < -0.4 is 5.32 Å². The van der Waals surface area contributed by atoms with E-state index in [0.717, 1.165) is 18.5 Å². The molecule has 1 aromatic heterocycles. The number of hydrogen-bond acceptors (Lipinski definition) is 4. The van der Waals surface area contributed by atoms with Crippen molar-refractivity contribution in [1.82, 2.24) is 9.88 Å². The number of carbonyl (C=O) groups excluding carboxylic acids is 1. The molecule has 5 heteroatoms. The highest BCUT2D eigenvalue weighted by atomic mass is 16.3. The highest BCUT2D eigenvalue weighted by Gasteiger charge is 2.30. The van der Waals surface area contributed by atoms with E-state index >= 15 is 0 Å². The molecule has 0 aliphatic heterocycles. The van der Waals surface area contributed by atoms with Crippen molar-refractivity contribution >= 4 is 11.6 Å². The molecule has 0 saturated heterocycles. The maximum Gasteiger partial charge on any atom is 0.238 e. The quantitative estimate of drug-likeness (QED) is 0.780. The Morgan fingerprint density at radius 1 is 1.56 bits per heavy atom. The van der Waals surface area contributed by atoms with E-state index < -0.39 is 0 Å². The Kier molecular flexibility index (Phi) is 4.28. The summed E-state index contributed by atoms with van der Waals surface area (Å²) in [4.78, 5) is 17.5. The molecule has 1 aliphatic rings. The van der Waals surface area contributed by atoms with Crippen LogP contribution in [0.4, 0.5) is 5.69 Å². The number of nitrogens with one attached hydrogen (secondary N) is 1. The summed E-state index contributed by atoms with van der Waals surface area (Å²) >= 11 is 0. The van der Waals surface area contributed by atoms with Gasteiger partial charge in [-0.3, -0.25) is 14.7 Å². The number of pyridine rings is 1. The van der Waals surface area contributed by atoms with Gasteiger partial charge in [0.25, 0.3) is 0 Å². The lowest BCUT2D eigenvalue weighted by atomic mass is 10.2. The summed E-state index contributed by atoms with van der Waals surface area (Å²) in [6, 6.07) is 3.49. The fraction of sp³-hybridized carbons (Fsp3) is 0.538. The Balaban J connectivity index is 1.73. The minimum Gasteiger partial charge on any atom is -0.392 e. The number of aliphatic hydroxyl groups is 1. The summed E-state index contributed by atoms with van der Waals surface area (Å²) in [6.45, 7) is 0.834.